The number of anilines is 1. The maximum absolute atomic E-state index is 14.2. The Bertz CT molecular complexity index is 1730. The fraction of sp³-hybridized carbons (Fsp3) is 0.550. The number of fused-ring (bicyclic) bond motifs is 1. The van der Waals surface area contributed by atoms with Crippen molar-refractivity contribution in [3.05, 3.63) is 65.9 Å². The van der Waals surface area contributed by atoms with Crippen LogP contribution in [0, 0.1) is 11.8 Å². The van der Waals surface area contributed by atoms with Gasteiger partial charge in [-0.1, -0.05) is 30.3 Å². The molecule has 3 amide bonds. The molecule has 2 aliphatic heterocycles. The fourth-order valence-electron chi connectivity index (χ4n) is 7.86. The first-order chi connectivity index (χ1) is 25.5. The number of likely N-dealkylation sites (tertiary alicyclic amines) is 1. The number of morpholine rings is 1. The molecule has 3 aromatic rings. The number of esters is 1. The van der Waals surface area contributed by atoms with E-state index in [4.69, 9.17) is 14.2 Å². The molecule has 2 saturated heterocycles. The summed E-state index contributed by atoms with van der Waals surface area (Å²) in [6, 6.07) is 15.5. The second kappa shape index (κ2) is 17.1. The smallest absolute Gasteiger partial charge is 0.407 e. The number of hydrogen-bond acceptors (Lipinski definition) is 8. The number of alkyl halides is 1. The first-order valence-electron chi connectivity index (χ1n) is 18.8. The van der Waals surface area contributed by atoms with E-state index < -0.39 is 36.4 Å². The zero-order valence-electron chi connectivity index (χ0n) is 30.9. The van der Waals surface area contributed by atoms with Gasteiger partial charge in [0.15, 0.2) is 0 Å². The van der Waals surface area contributed by atoms with E-state index in [2.05, 4.69) is 20.5 Å². The Labute approximate surface area is 310 Å². The van der Waals surface area contributed by atoms with Gasteiger partial charge in [-0.3, -0.25) is 14.5 Å². The summed E-state index contributed by atoms with van der Waals surface area (Å²) >= 11 is 0. The summed E-state index contributed by atoms with van der Waals surface area (Å²) in [7, 11) is 0. The SMILES string of the molecule is CC(C)(C)OC(=O)N[C@H](CF)[C@H]1CC[C@H](C(=O)N2CC[C@H](c3ccccc3)[C@H]2C(=O)Nc2ccc3[nH]c(C(=O)OCCN4CCOCC4)cc3c2)CC1. The third-order valence-electron chi connectivity index (χ3n) is 10.6. The third-order valence-corrected chi connectivity index (χ3v) is 10.6. The van der Waals surface area contributed by atoms with Gasteiger partial charge in [-0.2, -0.15) is 0 Å². The molecule has 12 nitrogen and oxygen atoms in total. The minimum atomic E-state index is -0.728. The monoisotopic (exact) mass is 733 g/mol. The first-order valence-corrected chi connectivity index (χ1v) is 18.8. The number of aromatic amines is 1. The van der Waals surface area contributed by atoms with E-state index in [-0.39, 0.29) is 36.2 Å². The second-order valence-corrected chi connectivity index (χ2v) is 15.4. The number of carbonyl (C=O) groups excluding carboxylic acids is 4. The maximum Gasteiger partial charge on any atom is 0.407 e. The molecule has 0 radical (unpaired) electrons. The van der Waals surface area contributed by atoms with Crippen LogP contribution in [0.2, 0.25) is 0 Å². The predicted molar refractivity (Wildman–Crippen MR) is 198 cm³/mol. The highest BCUT2D eigenvalue weighted by molar-refractivity contribution is 6.01. The molecule has 0 spiro atoms. The number of rotatable bonds is 11. The van der Waals surface area contributed by atoms with Crippen LogP contribution in [-0.2, 0) is 23.8 Å². The van der Waals surface area contributed by atoms with Gasteiger partial charge in [0.2, 0.25) is 11.8 Å². The quantitative estimate of drug-likeness (QED) is 0.215. The second-order valence-electron chi connectivity index (χ2n) is 15.4. The summed E-state index contributed by atoms with van der Waals surface area (Å²) in [6.45, 7) is 8.91. The van der Waals surface area contributed by atoms with Gasteiger partial charge in [0, 0.05) is 54.6 Å². The van der Waals surface area contributed by atoms with Crippen LogP contribution in [0.15, 0.2) is 54.6 Å². The van der Waals surface area contributed by atoms with E-state index in [0.29, 0.717) is 69.8 Å². The zero-order valence-corrected chi connectivity index (χ0v) is 30.9. The summed E-state index contributed by atoms with van der Waals surface area (Å²) in [5.74, 6) is -1.42. The van der Waals surface area contributed by atoms with Crippen molar-refractivity contribution in [1.29, 1.82) is 0 Å². The highest BCUT2D eigenvalue weighted by Crippen LogP contribution is 2.39. The summed E-state index contributed by atoms with van der Waals surface area (Å²) < 4.78 is 30.3. The Morgan fingerprint density at radius 3 is 2.40 bits per heavy atom. The van der Waals surface area contributed by atoms with E-state index in [1.54, 1.807) is 43.9 Å². The highest BCUT2D eigenvalue weighted by Gasteiger charge is 2.45. The van der Waals surface area contributed by atoms with Gasteiger partial charge in [-0.25, -0.2) is 14.0 Å². The van der Waals surface area contributed by atoms with Crippen LogP contribution in [0.1, 0.15) is 74.8 Å². The van der Waals surface area contributed by atoms with Gasteiger partial charge < -0.3 is 34.7 Å². The number of alkyl carbamates (subject to hydrolysis) is 1. The first kappa shape index (κ1) is 38.2. The number of carbonyl (C=O) groups is 4. The van der Waals surface area contributed by atoms with Crippen LogP contribution in [0.4, 0.5) is 14.9 Å². The predicted octanol–water partition coefficient (Wildman–Crippen LogP) is 5.65. The molecular formula is C40H52FN5O7. The Balaban J connectivity index is 1.10. The molecule has 0 bridgehead atoms. The van der Waals surface area contributed by atoms with Crippen LogP contribution < -0.4 is 10.6 Å². The summed E-state index contributed by atoms with van der Waals surface area (Å²) in [5, 5.41) is 6.49. The molecule has 1 aliphatic carbocycles. The van der Waals surface area contributed by atoms with Gasteiger partial charge in [0.05, 0.1) is 19.3 Å². The molecule has 3 heterocycles. The topological polar surface area (TPSA) is 142 Å². The van der Waals surface area contributed by atoms with E-state index in [1.165, 1.54) is 0 Å². The number of amides is 3. The normalized spacial score (nSPS) is 23.0. The van der Waals surface area contributed by atoms with E-state index in [0.717, 1.165) is 29.6 Å². The van der Waals surface area contributed by atoms with Crippen molar-refractivity contribution in [2.75, 3.05) is 58.0 Å². The molecule has 3 atom stereocenters. The van der Waals surface area contributed by atoms with E-state index in [1.807, 2.05) is 36.4 Å². The Morgan fingerprint density at radius 1 is 0.962 bits per heavy atom. The lowest BCUT2D eigenvalue weighted by molar-refractivity contribution is -0.141. The Morgan fingerprint density at radius 2 is 1.70 bits per heavy atom. The van der Waals surface area contributed by atoms with Crippen LogP contribution in [0.3, 0.4) is 0 Å². The molecule has 3 fully saturated rings. The summed E-state index contributed by atoms with van der Waals surface area (Å²) in [6.07, 6.45) is 2.23. The summed E-state index contributed by atoms with van der Waals surface area (Å²) in [5.41, 5.74) is 1.91. The van der Waals surface area contributed by atoms with Crippen molar-refractivity contribution in [3.8, 4) is 0 Å². The standard InChI is InChI=1S/C40H52FN5O7/c1-40(2,3)53-39(50)44-34(25-41)27-9-11-28(12-10-27)37(48)46-16-15-31(26-7-5-4-6-8-26)35(46)36(47)42-30-13-14-32-29(23-30)24-33(43-32)38(49)52-22-19-45-17-20-51-21-18-45/h4-8,13-14,23-24,27-28,31,34-35,43H,9-12,15-22,25H2,1-3H3,(H,42,47)(H,44,50)/t27-,28-,31-,34-,35+/m1/s1. The van der Waals surface area contributed by atoms with Crippen molar-refractivity contribution in [3.63, 3.8) is 0 Å². The molecule has 1 saturated carbocycles. The highest BCUT2D eigenvalue weighted by atomic mass is 19.1. The molecule has 286 valence electrons. The van der Waals surface area contributed by atoms with Gasteiger partial charge in [0.25, 0.3) is 0 Å². The van der Waals surface area contributed by atoms with Crippen LogP contribution in [0.25, 0.3) is 10.9 Å². The van der Waals surface area contributed by atoms with Gasteiger partial charge >= 0.3 is 12.1 Å². The minimum Gasteiger partial charge on any atom is -0.460 e. The molecule has 1 aromatic heterocycles. The van der Waals surface area contributed by atoms with Crippen molar-refractivity contribution >= 4 is 40.5 Å². The number of halogens is 1. The number of hydrogen-bond donors (Lipinski definition) is 3. The number of nitrogens with zero attached hydrogens (tertiary/aromatic N) is 2. The van der Waals surface area contributed by atoms with Gasteiger partial charge in [0.1, 0.15) is 30.6 Å². The lowest BCUT2D eigenvalue weighted by atomic mass is 9.78. The maximum atomic E-state index is 14.2. The molecule has 0 unspecified atom stereocenters. The van der Waals surface area contributed by atoms with Crippen LogP contribution in [0.5, 0.6) is 0 Å². The molecule has 3 aliphatic rings. The van der Waals surface area contributed by atoms with Crippen LogP contribution >= 0.6 is 0 Å². The molecule has 2 aromatic carbocycles. The van der Waals surface area contributed by atoms with Crippen molar-refractivity contribution < 1.29 is 37.8 Å². The molecule has 6 rings (SSSR count). The van der Waals surface area contributed by atoms with Crippen molar-refractivity contribution in [2.24, 2.45) is 11.8 Å². The molecule has 13 heteroatoms. The fourth-order valence-corrected chi connectivity index (χ4v) is 7.86. The minimum absolute atomic E-state index is 0.0724. The molecule has 53 heavy (non-hydrogen) atoms. The number of aromatic nitrogens is 1. The lowest BCUT2D eigenvalue weighted by Gasteiger charge is -2.36. The van der Waals surface area contributed by atoms with Crippen LogP contribution in [-0.4, -0.2) is 109 Å². The summed E-state index contributed by atoms with van der Waals surface area (Å²) in [4.78, 5) is 60.5. The number of nitrogens with one attached hydrogen (secondary N) is 3. The van der Waals surface area contributed by atoms with Crippen molar-refractivity contribution in [1.82, 2.24) is 20.1 Å². The average Bonchev–Trinajstić information content (AvgIpc) is 3.79. The molecule has 3 N–H and O–H groups in total. The molecular weight excluding hydrogens is 681 g/mol. The Hall–Kier alpha value is -4.49. The third kappa shape index (κ3) is 9.74. The lowest BCUT2D eigenvalue weighted by Crippen LogP contribution is -2.49. The van der Waals surface area contributed by atoms with Gasteiger partial charge in [-0.05, 0) is 88.6 Å². The van der Waals surface area contributed by atoms with E-state index in [9.17, 15) is 23.6 Å². The average molecular weight is 734 g/mol. The zero-order chi connectivity index (χ0) is 37.5. The number of ether oxygens (including phenoxy) is 3. The largest absolute Gasteiger partial charge is 0.460 e. The van der Waals surface area contributed by atoms with E-state index >= 15 is 0 Å². The number of H-pyrrole nitrogens is 1. The number of benzene rings is 2. The van der Waals surface area contributed by atoms with Crippen molar-refractivity contribution in [2.45, 2.75) is 76.5 Å². The Kier molecular flexibility index (Phi) is 12.3. The van der Waals surface area contributed by atoms with Gasteiger partial charge in [-0.15, -0.1) is 0 Å².